The Morgan fingerprint density at radius 1 is 1.35 bits per heavy atom. The first-order valence-electron chi connectivity index (χ1n) is 6.23. The molecule has 0 amide bonds. The van der Waals surface area contributed by atoms with Gasteiger partial charge in [-0.15, -0.1) is 0 Å². The van der Waals surface area contributed by atoms with Crippen molar-refractivity contribution < 1.29 is 5.11 Å². The SMILES string of the molecule is OCCNc1cc(Cl)cc(-c2c[nH]c3ncccc23)n1. The minimum Gasteiger partial charge on any atom is -0.395 e. The second kappa shape index (κ2) is 5.48. The summed E-state index contributed by atoms with van der Waals surface area (Å²) in [6.45, 7) is 0.475. The van der Waals surface area contributed by atoms with Gasteiger partial charge < -0.3 is 15.4 Å². The lowest BCUT2D eigenvalue weighted by Gasteiger charge is -2.07. The Morgan fingerprint density at radius 3 is 3.10 bits per heavy atom. The van der Waals surface area contributed by atoms with Gasteiger partial charge in [0.05, 0.1) is 12.3 Å². The number of aliphatic hydroxyl groups excluding tert-OH is 1. The van der Waals surface area contributed by atoms with Crippen molar-refractivity contribution in [1.82, 2.24) is 15.0 Å². The van der Waals surface area contributed by atoms with Gasteiger partial charge in [-0.2, -0.15) is 0 Å². The molecule has 0 radical (unpaired) electrons. The monoisotopic (exact) mass is 288 g/mol. The smallest absolute Gasteiger partial charge is 0.137 e. The van der Waals surface area contributed by atoms with E-state index in [-0.39, 0.29) is 6.61 Å². The topological polar surface area (TPSA) is 73.8 Å². The van der Waals surface area contributed by atoms with Gasteiger partial charge in [0.25, 0.3) is 0 Å². The van der Waals surface area contributed by atoms with Crippen molar-refractivity contribution in [2.45, 2.75) is 0 Å². The van der Waals surface area contributed by atoms with Gasteiger partial charge in [0.15, 0.2) is 0 Å². The van der Waals surface area contributed by atoms with Crippen LogP contribution in [0.1, 0.15) is 0 Å². The van der Waals surface area contributed by atoms with Crippen molar-refractivity contribution >= 4 is 28.5 Å². The minimum atomic E-state index is 0.0422. The number of aromatic nitrogens is 3. The molecule has 0 spiro atoms. The molecular weight excluding hydrogens is 276 g/mol. The molecule has 3 aromatic heterocycles. The van der Waals surface area contributed by atoms with Gasteiger partial charge in [0.1, 0.15) is 11.5 Å². The molecule has 0 saturated carbocycles. The lowest BCUT2D eigenvalue weighted by Crippen LogP contribution is -2.07. The van der Waals surface area contributed by atoms with E-state index in [4.69, 9.17) is 16.7 Å². The number of aromatic amines is 1. The van der Waals surface area contributed by atoms with Crippen molar-refractivity contribution in [1.29, 1.82) is 0 Å². The Hall–Kier alpha value is -2.11. The van der Waals surface area contributed by atoms with Crippen LogP contribution in [0.2, 0.25) is 5.02 Å². The lowest BCUT2D eigenvalue weighted by molar-refractivity contribution is 0.311. The third kappa shape index (κ3) is 2.45. The van der Waals surface area contributed by atoms with Crippen molar-refractivity contribution in [2.75, 3.05) is 18.5 Å². The van der Waals surface area contributed by atoms with E-state index in [2.05, 4.69) is 20.3 Å². The van der Waals surface area contributed by atoms with Crippen LogP contribution in [-0.4, -0.2) is 33.2 Å². The zero-order chi connectivity index (χ0) is 13.9. The molecule has 0 aromatic carbocycles. The van der Waals surface area contributed by atoms with Crippen LogP contribution in [0.15, 0.2) is 36.7 Å². The molecule has 6 heteroatoms. The number of anilines is 1. The van der Waals surface area contributed by atoms with Crippen LogP contribution in [0.4, 0.5) is 5.82 Å². The Balaban J connectivity index is 2.07. The summed E-state index contributed by atoms with van der Waals surface area (Å²) in [4.78, 5) is 11.9. The van der Waals surface area contributed by atoms with E-state index < -0.39 is 0 Å². The second-order valence-electron chi connectivity index (χ2n) is 4.31. The van der Waals surface area contributed by atoms with Crippen LogP contribution < -0.4 is 5.32 Å². The van der Waals surface area contributed by atoms with Gasteiger partial charge in [-0.3, -0.25) is 0 Å². The number of hydrogen-bond donors (Lipinski definition) is 3. The summed E-state index contributed by atoms with van der Waals surface area (Å²) >= 11 is 6.13. The maximum absolute atomic E-state index is 8.85. The first-order valence-corrected chi connectivity index (χ1v) is 6.60. The minimum absolute atomic E-state index is 0.0422. The van der Waals surface area contributed by atoms with Gasteiger partial charge in [-0.25, -0.2) is 9.97 Å². The summed E-state index contributed by atoms with van der Waals surface area (Å²) in [6.07, 6.45) is 3.61. The van der Waals surface area contributed by atoms with E-state index in [1.807, 2.05) is 18.3 Å². The highest BCUT2D eigenvalue weighted by atomic mass is 35.5. The van der Waals surface area contributed by atoms with E-state index in [0.29, 0.717) is 17.4 Å². The molecule has 0 aliphatic carbocycles. The van der Waals surface area contributed by atoms with Gasteiger partial charge in [-0.05, 0) is 24.3 Å². The Kier molecular flexibility index (Phi) is 3.54. The van der Waals surface area contributed by atoms with Crippen LogP contribution in [0.3, 0.4) is 0 Å². The van der Waals surface area contributed by atoms with E-state index in [1.165, 1.54) is 0 Å². The molecule has 20 heavy (non-hydrogen) atoms. The summed E-state index contributed by atoms with van der Waals surface area (Å²) in [5.74, 6) is 0.639. The van der Waals surface area contributed by atoms with Gasteiger partial charge >= 0.3 is 0 Å². The highest BCUT2D eigenvalue weighted by Gasteiger charge is 2.09. The zero-order valence-corrected chi connectivity index (χ0v) is 11.4. The van der Waals surface area contributed by atoms with E-state index in [9.17, 15) is 0 Å². The molecule has 0 aliphatic rings. The van der Waals surface area contributed by atoms with Crippen molar-refractivity contribution in [3.8, 4) is 11.3 Å². The normalized spacial score (nSPS) is 10.9. The number of hydrogen-bond acceptors (Lipinski definition) is 4. The Morgan fingerprint density at radius 2 is 2.25 bits per heavy atom. The summed E-state index contributed by atoms with van der Waals surface area (Å²) in [6, 6.07) is 7.40. The molecule has 0 saturated heterocycles. The number of rotatable bonds is 4. The molecule has 0 unspecified atom stereocenters. The Labute approximate surface area is 120 Å². The molecule has 3 rings (SSSR count). The number of nitrogens with zero attached hydrogens (tertiary/aromatic N) is 2. The van der Waals surface area contributed by atoms with Crippen LogP contribution in [0, 0.1) is 0 Å². The summed E-state index contributed by atoms with van der Waals surface area (Å²) in [7, 11) is 0. The van der Waals surface area contributed by atoms with Crippen molar-refractivity contribution in [3.05, 3.63) is 41.7 Å². The summed E-state index contributed by atoms with van der Waals surface area (Å²) in [5, 5.41) is 13.5. The fraction of sp³-hybridized carbons (Fsp3) is 0.143. The first kappa shape index (κ1) is 12.9. The van der Waals surface area contributed by atoms with Gasteiger partial charge in [0.2, 0.25) is 0 Å². The molecule has 0 atom stereocenters. The molecular formula is C14H13ClN4O. The van der Waals surface area contributed by atoms with Crippen LogP contribution in [0.5, 0.6) is 0 Å². The van der Waals surface area contributed by atoms with Crippen molar-refractivity contribution in [2.24, 2.45) is 0 Å². The molecule has 0 fully saturated rings. The zero-order valence-electron chi connectivity index (χ0n) is 10.6. The average molecular weight is 289 g/mol. The van der Waals surface area contributed by atoms with E-state index in [0.717, 1.165) is 22.3 Å². The van der Waals surface area contributed by atoms with Crippen molar-refractivity contribution in [3.63, 3.8) is 0 Å². The predicted molar refractivity (Wildman–Crippen MR) is 79.9 cm³/mol. The van der Waals surface area contributed by atoms with E-state index >= 15 is 0 Å². The quantitative estimate of drug-likeness (QED) is 0.690. The summed E-state index contributed by atoms with van der Waals surface area (Å²) in [5.41, 5.74) is 2.52. The molecule has 0 bridgehead atoms. The number of halogens is 1. The standard InChI is InChI=1S/C14H13ClN4O/c15-9-6-12(19-13(7-9)16-4-5-20)11-8-18-14-10(11)2-1-3-17-14/h1-3,6-8,20H,4-5H2,(H,16,19)(H,17,18). The number of fused-ring (bicyclic) bond motifs is 1. The third-order valence-electron chi connectivity index (χ3n) is 2.94. The lowest BCUT2D eigenvalue weighted by atomic mass is 10.1. The van der Waals surface area contributed by atoms with Crippen LogP contribution >= 0.6 is 11.6 Å². The fourth-order valence-electron chi connectivity index (χ4n) is 2.08. The highest BCUT2D eigenvalue weighted by molar-refractivity contribution is 6.31. The number of H-pyrrole nitrogens is 1. The van der Waals surface area contributed by atoms with E-state index in [1.54, 1.807) is 18.3 Å². The number of nitrogens with one attached hydrogen (secondary N) is 2. The van der Waals surface area contributed by atoms with Crippen LogP contribution in [0.25, 0.3) is 22.3 Å². The molecule has 3 N–H and O–H groups in total. The maximum atomic E-state index is 8.85. The molecule has 102 valence electrons. The van der Waals surface area contributed by atoms with Crippen LogP contribution in [-0.2, 0) is 0 Å². The third-order valence-corrected chi connectivity index (χ3v) is 3.15. The largest absolute Gasteiger partial charge is 0.395 e. The summed E-state index contributed by atoms with van der Waals surface area (Å²) < 4.78 is 0. The maximum Gasteiger partial charge on any atom is 0.137 e. The average Bonchev–Trinajstić information content (AvgIpc) is 2.88. The van der Waals surface area contributed by atoms with Gasteiger partial charge in [-0.1, -0.05) is 11.6 Å². The molecule has 0 aliphatic heterocycles. The number of aliphatic hydroxyl groups is 1. The highest BCUT2D eigenvalue weighted by Crippen LogP contribution is 2.29. The molecule has 5 nitrogen and oxygen atoms in total. The predicted octanol–water partition coefficient (Wildman–Crippen LogP) is 2.68. The molecule has 3 aromatic rings. The van der Waals surface area contributed by atoms with Gasteiger partial charge in [0, 0.05) is 34.9 Å². The Bertz CT molecular complexity index is 741. The first-order chi connectivity index (χ1) is 9.78. The molecule has 3 heterocycles. The number of pyridine rings is 2. The fourth-order valence-corrected chi connectivity index (χ4v) is 2.28. The second-order valence-corrected chi connectivity index (χ2v) is 4.74.